The van der Waals surface area contributed by atoms with E-state index in [1.807, 2.05) is 0 Å². The van der Waals surface area contributed by atoms with E-state index < -0.39 is 11.5 Å². The summed E-state index contributed by atoms with van der Waals surface area (Å²) in [5, 5.41) is 9.17. The van der Waals surface area contributed by atoms with Crippen molar-refractivity contribution in [3.8, 4) is 0 Å². The summed E-state index contributed by atoms with van der Waals surface area (Å²) in [6.07, 6.45) is -0.945. The van der Waals surface area contributed by atoms with Crippen LogP contribution >= 0.6 is 11.8 Å². The predicted molar refractivity (Wildman–Crippen MR) is 45.1 cm³/mol. The summed E-state index contributed by atoms with van der Waals surface area (Å²) in [5.41, 5.74) is -0.528. The number of aliphatic hydroxyl groups excluding tert-OH is 1. The first-order valence-corrected chi connectivity index (χ1v) is 4.54. The van der Waals surface area contributed by atoms with Crippen molar-refractivity contribution in [3.05, 3.63) is 0 Å². The molecule has 0 bridgehead atoms. The zero-order valence-electron chi connectivity index (χ0n) is 7.02. The fraction of sp³-hybridized carbons (Fsp3) is 0.857. The largest absolute Gasteiger partial charge is 0.384 e. The van der Waals surface area contributed by atoms with Gasteiger partial charge in [0.25, 0.3) is 0 Å². The van der Waals surface area contributed by atoms with Gasteiger partial charge < -0.3 is 14.6 Å². The van der Waals surface area contributed by atoms with Gasteiger partial charge in [-0.2, -0.15) is 0 Å². The number of thioether (sulfide) groups is 1. The smallest absolute Gasteiger partial charge is 0.201 e. The Balaban J connectivity index is 2.54. The van der Waals surface area contributed by atoms with Crippen molar-refractivity contribution >= 4 is 17.5 Å². The summed E-state index contributed by atoms with van der Waals surface area (Å²) in [6.45, 7) is 0.372. The lowest BCUT2D eigenvalue weighted by Crippen LogP contribution is -2.30. The minimum Gasteiger partial charge on any atom is -0.384 e. The summed E-state index contributed by atoms with van der Waals surface area (Å²) < 4.78 is 9.72. The second kappa shape index (κ2) is 4.23. The molecule has 0 spiro atoms. The number of rotatable bonds is 3. The normalized spacial score (nSPS) is 35.9. The number of hydrogen-bond acceptors (Lipinski definition) is 5. The standard InChI is InChI=1S/C7H12O4S/c1-10-3-4-5(8)6(9)7(11-2)12-4/h4-5,7-8H,3H2,1-2H3/t4-,5-,7?/m1/s1. The van der Waals surface area contributed by atoms with E-state index >= 15 is 0 Å². The molecule has 0 aliphatic carbocycles. The van der Waals surface area contributed by atoms with E-state index in [1.54, 1.807) is 0 Å². The first-order valence-electron chi connectivity index (χ1n) is 3.59. The van der Waals surface area contributed by atoms with Crippen LogP contribution in [-0.2, 0) is 14.3 Å². The Bertz CT molecular complexity index is 173. The monoisotopic (exact) mass is 192 g/mol. The molecule has 1 rings (SSSR count). The molecule has 0 aromatic heterocycles. The Hall–Kier alpha value is -0.100. The molecule has 1 N–H and O–H groups in total. The SMILES string of the molecule is COC[C@H]1SC(OC)C(=O)[C@@H]1O. The van der Waals surface area contributed by atoms with Crippen LogP contribution in [0.25, 0.3) is 0 Å². The lowest BCUT2D eigenvalue weighted by molar-refractivity contribution is -0.131. The van der Waals surface area contributed by atoms with Gasteiger partial charge in [-0.25, -0.2) is 0 Å². The van der Waals surface area contributed by atoms with Crippen molar-refractivity contribution in [2.75, 3.05) is 20.8 Å². The molecular formula is C7H12O4S. The number of Topliss-reactive ketones (excluding diaryl/α,β-unsaturated/α-hetero) is 1. The lowest BCUT2D eigenvalue weighted by Gasteiger charge is -2.09. The van der Waals surface area contributed by atoms with Gasteiger partial charge in [-0.1, -0.05) is 0 Å². The number of carbonyl (C=O) groups is 1. The zero-order chi connectivity index (χ0) is 9.14. The molecule has 1 unspecified atom stereocenters. The summed E-state index contributed by atoms with van der Waals surface area (Å²) in [5.74, 6) is -0.260. The van der Waals surface area contributed by atoms with Crippen LogP contribution in [0, 0.1) is 0 Å². The molecule has 0 aromatic carbocycles. The number of ether oxygens (including phenoxy) is 2. The molecule has 0 amide bonds. The van der Waals surface area contributed by atoms with Gasteiger partial charge in [0.05, 0.1) is 11.9 Å². The number of carbonyl (C=O) groups excluding carboxylic acids is 1. The molecule has 5 heteroatoms. The van der Waals surface area contributed by atoms with Gasteiger partial charge in [0, 0.05) is 14.2 Å². The average Bonchev–Trinajstić information content (AvgIpc) is 2.33. The Labute approximate surface area is 75.2 Å². The summed E-state index contributed by atoms with van der Waals surface area (Å²) >= 11 is 1.30. The number of aliphatic hydroxyl groups is 1. The van der Waals surface area contributed by atoms with Crippen LogP contribution in [0.2, 0.25) is 0 Å². The van der Waals surface area contributed by atoms with Crippen molar-refractivity contribution in [1.82, 2.24) is 0 Å². The maximum atomic E-state index is 11.2. The van der Waals surface area contributed by atoms with Crippen LogP contribution in [0.3, 0.4) is 0 Å². The molecule has 1 heterocycles. The highest BCUT2D eigenvalue weighted by Crippen LogP contribution is 2.31. The summed E-state index contributed by atoms with van der Waals surface area (Å²) in [6, 6.07) is 0. The van der Waals surface area contributed by atoms with E-state index in [2.05, 4.69) is 0 Å². The Kier molecular flexibility index (Phi) is 3.52. The Morgan fingerprint density at radius 2 is 2.25 bits per heavy atom. The predicted octanol–water partition coefficient (Wildman–Crippen LogP) is -0.349. The van der Waals surface area contributed by atoms with Crippen LogP contribution in [0.5, 0.6) is 0 Å². The first-order chi connectivity index (χ1) is 5.70. The van der Waals surface area contributed by atoms with Crippen LogP contribution < -0.4 is 0 Å². The lowest BCUT2D eigenvalue weighted by atomic mass is 10.2. The molecule has 0 aromatic rings. The van der Waals surface area contributed by atoms with Crippen molar-refractivity contribution < 1.29 is 19.4 Å². The van der Waals surface area contributed by atoms with Crippen molar-refractivity contribution in [3.63, 3.8) is 0 Å². The highest BCUT2D eigenvalue weighted by molar-refractivity contribution is 8.01. The molecule has 1 saturated heterocycles. The summed E-state index contributed by atoms with van der Waals surface area (Å²) in [7, 11) is 3.00. The van der Waals surface area contributed by atoms with Crippen molar-refractivity contribution in [1.29, 1.82) is 0 Å². The molecule has 70 valence electrons. The van der Waals surface area contributed by atoms with Crippen molar-refractivity contribution in [2.45, 2.75) is 16.8 Å². The Morgan fingerprint density at radius 3 is 2.67 bits per heavy atom. The molecule has 1 aliphatic rings. The first kappa shape index (κ1) is 9.98. The number of hydrogen-bond donors (Lipinski definition) is 1. The molecule has 1 fully saturated rings. The van der Waals surface area contributed by atoms with Crippen LogP contribution in [0.15, 0.2) is 0 Å². The Morgan fingerprint density at radius 1 is 1.58 bits per heavy atom. The number of ketones is 1. The summed E-state index contributed by atoms with van der Waals surface area (Å²) in [4.78, 5) is 11.2. The van der Waals surface area contributed by atoms with Crippen LogP contribution in [-0.4, -0.2) is 48.5 Å². The van der Waals surface area contributed by atoms with Crippen LogP contribution in [0.4, 0.5) is 0 Å². The van der Waals surface area contributed by atoms with Gasteiger partial charge >= 0.3 is 0 Å². The van der Waals surface area contributed by atoms with E-state index in [-0.39, 0.29) is 11.0 Å². The third-order valence-corrected chi connectivity index (χ3v) is 3.13. The average molecular weight is 192 g/mol. The maximum absolute atomic E-state index is 11.2. The third kappa shape index (κ3) is 1.80. The second-order valence-electron chi connectivity index (χ2n) is 2.54. The molecule has 0 radical (unpaired) electrons. The van der Waals surface area contributed by atoms with Gasteiger partial charge in [0.1, 0.15) is 6.10 Å². The zero-order valence-corrected chi connectivity index (χ0v) is 7.84. The van der Waals surface area contributed by atoms with E-state index in [1.165, 1.54) is 26.0 Å². The van der Waals surface area contributed by atoms with Crippen LogP contribution in [0.1, 0.15) is 0 Å². The second-order valence-corrected chi connectivity index (χ2v) is 3.85. The highest BCUT2D eigenvalue weighted by Gasteiger charge is 2.41. The van der Waals surface area contributed by atoms with Gasteiger partial charge in [-0.05, 0) is 0 Å². The molecule has 12 heavy (non-hydrogen) atoms. The maximum Gasteiger partial charge on any atom is 0.201 e. The van der Waals surface area contributed by atoms with Gasteiger partial charge in [-0.15, -0.1) is 11.8 Å². The van der Waals surface area contributed by atoms with Crippen molar-refractivity contribution in [2.24, 2.45) is 0 Å². The molecular weight excluding hydrogens is 180 g/mol. The minimum absolute atomic E-state index is 0.188. The fourth-order valence-electron chi connectivity index (χ4n) is 1.09. The third-order valence-electron chi connectivity index (χ3n) is 1.72. The molecule has 3 atom stereocenters. The quantitative estimate of drug-likeness (QED) is 0.662. The highest BCUT2D eigenvalue weighted by atomic mass is 32.2. The minimum atomic E-state index is -0.945. The van der Waals surface area contributed by atoms with Gasteiger partial charge in [0.15, 0.2) is 5.44 Å². The molecule has 4 nitrogen and oxygen atoms in total. The molecule has 1 aliphatic heterocycles. The van der Waals surface area contributed by atoms with E-state index in [4.69, 9.17) is 9.47 Å². The van der Waals surface area contributed by atoms with Gasteiger partial charge in [0.2, 0.25) is 5.78 Å². The fourth-order valence-corrected chi connectivity index (χ4v) is 2.29. The van der Waals surface area contributed by atoms with Gasteiger partial charge in [-0.3, -0.25) is 4.79 Å². The van der Waals surface area contributed by atoms with E-state index in [9.17, 15) is 9.90 Å². The topological polar surface area (TPSA) is 55.8 Å². The van der Waals surface area contributed by atoms with E-state index in [0.717, 1.165) is 0 Å². The number of methoxy groups -OCH3 is 2. The molecule has 0 saturated carbocycles. The van der Waals surface area contributed by atoms with E-state index in [0.29, 0.717) is 6.61 Å².